The first-order valence-electron chi connectivity index (χ1n) is 9.22. The molecule has 4 aromatic rings. The molecule has 0 saturated heterocycles. The van der Waals surface area contributed by atoms with Gasteiger partial charge in [0.1, 0.15) is 5.69 Å². The molecule has 4 rings (SSSR count). The van der Waals surface area contributed by atoms with Crippen molar-refractivity contribution in [1.29, 1.82) is 0 Å². The van der Waals surface area contributed by atoms with Crippen molar-refractivity contribution >= 4 is 16.9 Å². The van der Waals surface area contributed by atoms with Crippen LogP contribution in [-0.4, -0.2) is 20.6 Å². The van der Waals surface area contributed by atoms with E-state index in [1.165, 1.54) is 0 Å². The summed E-state index contributed by atoms with van der Waals surface area (Å²) in [7, 11) is 0. The van der Waals surface area contributed by atoms with Crippen LogP contribution in [0.2, 0.25) is 0 Å². The zero-order valence-corrected chi connectivity index (χ0v) is 15.4. The normalized spacial score (nSPS) is 11.0. The molecule has 5 heteroatoms. The molecule has 5 nitrogen and oxygen atoms in total. The Morgan fingerprint density at radius 2 is 1.68 bits per heavy atom. The number of aromatic carboxylic acids is 1. The smallest absolute Gasteiger partial charge is 0.352 e. The van der Waals surface area contributed by atoms with E-state index >= 15 is 0 Å². The van der Waals surface area contributed by atoms with E-state index in [1.54, 1.807) is 6.20 Å². The van der Waals surface area contributed by atoms with E-state index in [4.69, 9.17) is 0 Å². The highest BCUT2D eigenvalue weighted by Gasteiger charge is 2.22. The lowest BCUT2D eigenvalue weighted by molar-refractivity contribution is 0.0685. The van der Waals surface area contributed by atoms with Gasteiger partial charge in [0.05, 0.1) is 5.69 Å². The minimum Gasteiger partial charge on any atom is -0.477 e. The third kappa shape index (κ3) is 3.66. The van der Waals surface area contributed by atoms with E-state index in [2.05, 4.69) is 10.3 Å². The predicted octanol–water partition coefficient (Wildman–Crippen LogP) is 4.07. The molecular weight excluding hydrogens is 350 g/mol. The van der Waals surface area contributed by atoms with Crippen molar-refractivity contribution in [3.8, 4) is 0 Å². The Morgan fingerprint density at radius 1 is 0.929 bits per heavy atom. The minimum atomic E-state index is -0.915. The Bertz CT molecular complexity index is 1090. The van der Waals surface area contributed by atoms with Gasteiger partial charge in [0.25, 0.3) is 0 Å². The van der Waals surface area contributed by atoms with Crippen LogP contribution >= 0.6 is 0 Å². The van der Waals surface area contributed by atoms with Gasteiger partial charge >= 0.3 is 5.97 Å². The summed E-state index contributed by atoms with van der Waals surface area (Å²) in [6.45, 7) is 1.56. The number of hydrogen-bond donors (Lipinski definition) is 2. The molecule has 0 unspecified atom stereocenters. The van der Waals surface area contributed by atoms with Crippen LogP contribution in [-0.2, 0) is 19.6 Å². The van der Waals surface area contributed by atoms with E-state index in [9.17, 15) is 9.90 Å². The van der Waals surface area contributed by atoms with Crippen molar-refractivity contribution in [2.75, 3.05) is 0 Å². The summed E-state index contributed by atoms with van der Waals surface area (Å²) < 4.78 is 1.89. The number of rotatable bonds is 7. The summed E-state index contributed by atoms with van der Waals surface area (Å²) in [6, 6.07) is 23.6. The van der Waals surface area contributed by atoms with Crippen molar-refractivity contribution in [2.45, 2.75) is 19.6 Å². The van der Waals surface area contributed by atoms with E-state index in [-0.39, 0.29) is 0 Å². The maximum atomic E-state index is 12.2. The fourth-order valence-corrected chi connectivity index (χ4v) is 3.55. The summed E-state index contributed by atoms with van der Waals surface area (Å²) in [4.78, 5) is 16.5. The molecule has 0 atom stereocenters. The summed E-state index contributed by atoms with van der Waals surface area (Å²) in [5, 5.41) is 14.3. The van der Waals surface area contributed by atoms with Gasteiger partial charge in [-0.25, -0.2) is 4.79 Å². The molecule has 0 aliphatic carbocycles. The molecule has 2 heterocycles. The number of aromatic nitrogens is 2. The van der Waals surface area contributed by atoms with E-state index in [0.29, 0.717) is 25.3 Å². The van der Waals surface area contributed by atoms with Crippen LogP contribution in [0.5, 0.6) is 0 Å². The highest BCUT2D eigenvalue weighted by atomic mass is 16.4. The first-order chi connectivity index (χ1) is 13.7. The number of hydrogen-bond acceptors (Lipinski definition) is 3. The fraction of sp³-hybridized carbons (Fsp3) is 0.130. The van der Waals surface area contributed by atoms with Gasteiger partial charge in [0, 0.05) is 42.3 Å². The summed E-state index contributed by atoms with van der Waals surface area (Å²) in [5.41, 5.74) is 4.05. The minimum absolute atomic E-state index is 0.332. The van der Waals surface area contributed by atoms with Crippen LogP contribution in [0.4, 0.5) is 0 Å². The number of carboxylic acids is 1. The second kappa shape index (κ2) is 8.06. The Labute approximate surface area is 163 Å². The summed E-state index contributed by atoms with van der Waals surface area (Å²) in [6.07, 6.45) is 1.76. The van der Waals surface area contributed by atoms with Gasteiger partial charge in [-0.3, -0.25) is 4.98 Å². The molecule has 0 amide bonds. The van der Waals surface area contributed by atoms with Crippen LogP contribution in [0.15, 0.2) is 79.0 Å². The highest BCUT2D eigenvalue weighted by Crippen LogP contribution is 2.27. The van der Waals surface area contributed by atoms with Crippen molar-refractivity contribution in [3.05, 3.63) is 102 Å². The average molecular weight is 371 g/mol. The molecule has 140 valence electrons. The Morgan fingerprint density at radius 3 is 2.43 bits per heavy atom. The van der Waals surface area contributed by atoms with Crippen LogP contribution in [0.25, 0.3) is 10.9 Å². The lowest BCUT2D eigenvalue weighted by Gasteiger charge is -2.10. The fourth-order valence-electron chi connectivity index (χ4n) is 3.55. The molecule has 2 N–H and O–H groups in total. The molecule has 2 aromatic heterocycles. The molecule has 0 radical (unpaired) electrons. The molecule has 0 spiro atoms. The highest BCUT2D eigenvalue weighted by molar-refractivity contribution is 5.98. The van der Waals surface area contributed by atoms with Crippen molar-refractivity contribution < 1.29 is 9.90 Å². The third-order valence-electron chi connectivity index (χ3n) is 4.80. The molecular formula is C23H21N3O2. The maximum absolute atomic E-state index is 12.2. The van der Waals surface area contributed by atoms with Gasteiger partial charge < -0.3 is 15.0 Å². The summed E-state index contributed by atoms with van der Waals surface area (Å²) >= 11 is 0. The van der Waals surface area contributed by atoms with Crippen LogP contribution in [0.3, 0.4) is 0 Å². The van der Waals surface area contributed by atoms with Gasteiger partial charge in [-0.05, 0) is 23.8 Å². The second-order valence-corrected chi connectivity index (χ2v) is 6.65. The third-order valence-corrected chi connectivity index (χ3v) is 4.80. The number of fused-ring (bicyclic) bond motifs is 1. The topological polar surface area (TPSA) is 67.2 Å². The molecule has 0 fully saturated rings. The Balaban J connectivity index is 1.70. The zero-order chi connectivity index (χ0) is 19.3. The number of benzene rings is 2. The monoisotopic (exact) mass is 371 g/mol. The number of para-hydroxylation sites is 1. The number of carboxylic acid groups (broad SMARTS) is 1. The molecule has 0 aliphatic rings. The lowest BCUT2D eigenvalue weighted by Crippen LogP contribution is -2.17. The van der Waals surface area contributed by atoms with Gasteiger partial charge in [-0.2, -0.15) is 0 Å². The van der Waals surface area contributed by atoms with Gasteiger partial charge in [0.2, 0.25) is 0 Å². The quantitative estimate of drug-likeness (QED) is 0.514. The second-order valence-electron chi connectivity index (χ2n) is 6.65. The van der Waals surface area contributed by atoms with Gasteiger partial charge in [0.15, 0.2) is 0 Å². The summed E-state index contributed by atoms with van der Waals surface area (Å²) in [5.74, 6) is -0.915. The van der Waals surface area contributed by atoms with Gasteiger partial charge in [-0.15, -0.1) is 0 Å². The zero-order valence-electron chi connectivity index (χ0n) is 15.4. The first-order valence-corrected chi connectivity index (χ1v) is 9.22. The molecule has 2 aromatic carbocycles. The van der Waals surface area contributed by atoms with Crippen molar-refractivity contribution in [2.24, 2.45) is 0 Å². The Hall–Kier alpha value is -3.44. The number of nitrogens with one attached hydrogen (secondary N) is 1. The SMILES string of the molecule is O=C(O)c1c(CNCc2ccccn2)c2ccccc2n1Cc1ccccc1. The van der Waals surface area contributed by atoms with Crippen LogP contribution in [0, 0.1) is 0 Å². The average Bonchev–Trinajstić information content (AvgIpc) is 3.03. The number of carbonyl (C=O) groups is 1. The van der Waals surface area contributed by atoms with E-state index in [1.807, 2.05) is 77.4 Å². The standard InChI is InChI=1S/C23H21N3O2/c27-23(28)22-20(15-24-14-18-10-6-7-13-25-18)19-11-4-5-12-21(19)26(22)16-17-8-2-1-3-9-17/h1-13,24H,14-16H2,(H,27,28). The van der Waals surface area contributed by atoms with Crippen molar-refractivity contribution in [3.63, 3.8) is 0 Å². The Kier molecular flexibility index (Phi) is 5.17. The van der Waals surface area contributed by atoms with Gasteiger partial charge in [-0.1, -0.05) is 54.6 Å². The number of pyridine rings is 1. The molecule has 28 heavy (non-hydrogen) atoms. The predicted molar refractivity (Wildman–Crippen MR) is 109 cm³/mol. The lowest BCUT2D eigenvalue weighted by atomic mass is 10.1. The van der Waals surface area contributed by atoms with Crippen molar-refractivity contribution in [1.82, 2.24) is 14.9 Å². The number of nitrogens with zero attached hydrogens (tertiary/aromatic N) is 2. The first kappa shape index (κ1) is 17.9. The van der Waals surface area contributed by atoms with E-state index in [0.717, 1.165) is 27.7 Å². The molecule has 0 aliphatic heterocycles. The van der Waals surface area contributed by atoms with E-state index < -0.39 is 5.97 Å². The molecule has 0 bridgehead atoms. The van der Waals surface area contributed by atoms with Crippen LogP contribution < -0.4 is 5.32 Å². The largest absolute Gasteiger partial charge is 0.477 e. The van der Waals surface area contributed by atoms with Crippen LogP contribution in [0.1, 0.15) is 27.3 Å². The molecule has 0 saturated carbocycles. The maximum Gasteiger partial charge on any atom is 0.352 e.